The summed E-state index contributed by atoms with van der Waals surface area (Å²) < 4.78 is 37.1. The van der Waals surface area contributed by atoms with Gasteiger partial charge in [0.15, 0.2) is 0 Å². The fourth-order valence-electron chi connectivity index (χ4n) is 1.55. The molecule has 23 heavy (non-hydrogen) atoms. The van der Waals surface area contributed by atoms with Crippen molar-refractivity contribution in [1.82, 2.24) is 10.3 Å². The highest BCUT2D eigenvalue weighted by Crippen LogP contribution is 2.29. The van der Waals surface area contributed by atoms with Crippen molar-refractivity contribution in [2.75, 3.05) is 5.75 Å². The maximum absolute atomic E-state index is 12.4. The van der Waals surface area contributed by atoms with E-state index in [0.717, 1.165) is 23.9 Å². The molecule has 0 saturated carbocycles. The van der Waals surface area contributed by atoms with Gasteiger partial charge < -0.3 is 10.4 Å². The molecule has 0 radical (unpaired) electrons. The third kappa shape index (κ3) is 6.72. The van der Waals surface area contributed by atoms with Crippen molar-refractivity contribution in [3.8, 4) is 0 Å². The van der Waals surface area contributed by atoms with Gasteiger partial charge in [-0.05, 0) is 25.0 Å². The quantitative estimate of drug-likeness (QED) is 0.558. The minimum Gasteiger partial charge on any atom is -0.480 e. The van der Waals surface area contributed by atoms with Crippen LogP contribution in [0.3, 0.4) is 0 Å². The molecule has 0 saturated heterocycles. The summed E-state index contributed by atoms with van der Waals surface area (Å²) in [5.74, 6) is -1.83. The van der Waals surface area contributed by atoms with Gasteiger partial charge in [0.05, 0.1) is 16.3 Å². The molecule has 0 fully saturated rings. The highest BCUT2D eigenvalue weighted by molar-refractivity contribution is 7.99. The SMILES string of the molecule is C=CCCC(NC(=O)CSc1ccc(C(F)(F)F)cn1)C(=O)O. The van der Waals surface area contributed by atoms with Crippen LogP contribution in [0, 0.1) is 0 Å². The molecular formula is C14H15F3N2O3S. The summed E-state index contributed by atoms with van der Waals surface area (Å²) in [6, 6.07) is 1.01. The lowest BCUT2D eigenvalue weighted by atomic mass is 10.1. The Labute approximate surface area is 135 Å². The number of rotatable bonds is 8. The normalized spacial score (nSPS) is 12.5. The first kappa shape index (κ1) is 19.0. The van der Waals surface area contributed by atoms with E-state index >= 15 is 0 Å². The number of aliphatic carboxylic acids is 1. The summed E-state index contributed by atoms with van der Waals surface area (Å²) in [6.07, 6.45) is -1.58. The summed E-state index contributed by atoms with van der Waals surface area (Å²) in [5.41, 5.74) is -0.873. The molecule has 0 aliphatic carbocycles. The molecule has 1 heterocycles. The molecule has 1 atom stereocenters. The zero-order valence-corrected chi connectivity index (χ0v) is 12.8. The van der Waals surface area contributed by atoms with Crippen LogP contribution in [-0.4, -0.2) is 33.8 Å². The minimum absolute atomic E-state index is 0.143. The van der Waals surface area contributed by atoms with Crippen molar-refractivity contribution < 1.29 is 27.9 Å². The number of alkyl halides is 3. The number of nitrogens with one attached hydrogen (secondary N) is 1. The molecule has 1 aromatic heterocycles. The number of amides is 1. The summed E-state index contributed by atoms with van der Waals surface area (Å²) in [6.45, 7) is 3.47. The van der Waals surface area contributed by atoms with Crippen LogP contribution in [0.15, 0.2) is 36.0 Å². The van der Waals surface area contributed by atoms with Crippen LogP contribution in [0.5, 0.6) is 0 Å². The average molecular weight is 348 g/mol. The second-order valence-electron chi connectivity index (χ2n) is 4.50. The Morgan fingerprint density at radius 1 is 1.43 bits per heavy atom. The number of carbonyl (C=O) groups is 2. The molecule has 0 aliphatic heterocycles. The molecule has 1 unspecified atom stereocenters. The number of thioether (sulfide) groups is 1. The average Bonchev–Trinajstić information content (AvgIpc) is 2.48. The van der Waals surface area contributed by atoms with Crippen molar-refractivity contribution in [3.05, 3.63) is 36.5 Å². The van der Waals surface area contributed by atoms with Crippen LogP contribution >= 0.6 is 11.8 Å². The lowest BCUT2D eigenvalue weighted by Gasteiger charge is -2.13. The topological polar surface area (TPSA) is 79.3 Å². The van der Waals surface area contributed by atoms with Crippen molar-refractivity contribution in [3.63, 3.8) is 0 Å². The number of nitrogens with zero attached hydrogens (tertiary/aromatic N) is 1. The van der Waals surface area contributed by atoms with Crippen molar-refractivity contribution >= 4 is 23.6 Å². The van der Waals surface area contributed by atoms with E-state index < -0.39 is 29.7 Å². The van der Waals surface area contributed by atoms with Gasteiger partial charge in [-0.3, -0.25) is 4.79 Å². The van der Waals surface area contributed by atoms with Gasteiger partial charge in [0.1, 0.15) is 6.04 Å². The molecule has 9 heteroatoms. The molecule has 5 nitrogen and oxygen atoms in total. The smallest absolute Gasteiger partial charge is 0.417 e. The van der Waals surface area contributed by atoms with Gasteiger partial charge in [-0.2, -0.15) is 13.2 Å². The largest absolute Gasteiger partial charge is 0.480 e. The number of carboxylic acid groups (broad SMARTS) is 1. The van der Waals surface area contributed by atoms with E-state index in [9.17, 15) is 22.8 Å². The number of hydrogen-bond acceptors (Lipinski definition) is 4. The summed E-state index contributed by atoms with van der Waals surface area (Å²) >= 11 is 0.922. The van der Waals surface area contributed by atoms with Crippen molar-refractivity contribution in [2.45, 2.75) is 30.1 Å². The van der Waals surface area contributed by atoms with E-state index in [1.54, 1.807) is 6.08 Å². The van der Waals surface area contributed by atoms with Crippen LogP contribution in [0.4, 0.5) is 13.2 Å². The van der Waals surface area contributed by atoms with E-state index in [1.807, 2.05) is 0 Å². The van der Waals surface area contributed by atoms with Crippen LogP contribution < -0.4 is 5.32 Å². The standard InChI is InChI=1S/C14H15F3N2O3S/c1-2-3-4-10(13(21)22)19-11(20)8-23-12-6-5-9(7-18-12)14(15,16)17/h2,5-7,10H,1,3-4,8H2,(H,19,20)(H,21,22). The van der Waals surface area contributed by atoms with E-state index in [2.05, 4.69) is 16.9 Å². The molecule has 1 aromatic rings. The maximum Gasteiger partial charge on any atom is 0.417 e. The molecule has 0 spiro atoms. The molecule has 126 valence electrons. The minimum atomic E-state index is -4.46. The first-order valence-corrected chi connectivity index (χ1v) is 7.51. The number of allylic oxidation sites excluding steroid dienone is 1. The Kier molecular flexibility index (Phi) is 7.08. The molecule has 0 aromatic carbocycles. The first-order valence-electron chi connectivity index (χ1n) is 6.53. The zero-order valence-electron chi connectivity index (χ0n) is 12.0. The van der Waals surface area contributed by atoms with Gasteiger partial charge in [-0.15, -0.1) is 6.58 Å². The highest BCUT2D eigenvalue weighted by atomic mass is 32.2. The Morgan fingerprint density at radius 2 is 2.13 bits per heavy atom. The monoisotopic (exact) mass is 348 g/mol. The van der Waals surface area contributed by atoms with Crippen molar-refractivity contribution in [1.29, 1.82) is 0 Å². The number of hydrogen-bond donors (Lipinski definition) is 2. The summed E-state index contributed by atoms with van der Waals surface area (Å²) in [7, 11) is 0. The van der Waals surface area contributed by atoms with Crippen LogP contribution in [0.2, 0.25) is 0 Å². The van der Waals surface area contributed by atoms with Gasteiger partial charge in [-0.25, -0.2) is 9.78 Å². The lowest BCUT2D eigenvalue weighted by molar-refractivity contribution is -0.141. The maximum atomic E-state index is 12.4. The van der Waals surface area contributed by atoms with Crippen LogP contribution in [0.1, 0.15) is 18.4 Å². The molecule has 2 N–H and O–H groups in total. The van der Waals surface area contributed by atoms with E-state index in [0.29, 0.717) is 12.6 Å². The third-order valence-electron chi connectivity index (χ3n) is 2.71. The van der Waals surface area contributed by atoms with E-state index in [4.69, 9.17) is 5.11 Å². The Morgan fingerprint density at radius 3 is 2.61 bits per heavy atom. The number of carbonyl (C=O) groups excluding carboxylic acids is 1. The van der Waals surface area contributed by atoms with Gasteiger partial charge in [-0.1, -0.05) is 17.8 Å². The molecule has 1 rings (SSSR count). The fourth-order valence-corrected chi connectivity index (χ4v) is 2.20. The first-order chi connectivity index (χ1) is 10.7. The zero-order chi connectivity index (χ0) is 17.5. The third-order valence-corrected chi connectivity index (χ3v) is 3.65. The predicted molar refractivity (Wildman–Crippen MR) is 79.0 cm³/mol. The molecule has 0 aliphatic rings. The van der Waals surface area contributed by atoms with E-state index in [-0.39, 0.29) is 17.2 Å². The summed E-state index contributed by atoms with van der Waals surface area (Å²) in [4.78, 5) is 26.3. The lowest BCUT2D eigenvalue weighted by Crippen LogP contribution is -2.41. The Balaban J connectivity index is 2.52. The van der Waals surface area contributed by atoms with Gasteiger partial charge in [0.2, 0.25) is 5.91 Å². The Hall–Kier alpha value is -2.03. The molecular weight excluding hydrogens is 333 g/mol. The molecule has 0 bridgehead atoms. The second kappa shape index (κ2) is 8.56. The predicted octanol–water partition coefficient (Wildman–Crippen LogP) is 2.73. The second-order valence-corrected chi connectivity index (χ2v) is 5.49. The van der Waals surface area contributed by atoms with E-state index in [1.165, 1.54) is 0 Å². The van der Waals surface area contributed by atoms with Gasteiger partial charge >= 0.3 is 12.1 Å². The summed E-state index contributed by atoms with van der Waals surface area (Å²) in [5, 5.41) is 11.6. The fraction of sp³-hybridized carbons (Fsp3) is 0.357. The Bertz CT molecular complexity index is 561. The number of aromatic nitrogens is 1. The number of carboxylic acids is 1. The molecule has 1 amide bonds. The van der Waals surface area contributed by atoms with Gasteiger partial charge in [0, 0.05) is 6.20 Å². The van der Waals surface area contributed by atoms with Gasteiger partial charge in [0.25, 0.3) is 0 Å². The number of pyridine rings is 1. The van der Waals surface area contributed by atoms with Crippen LogP contribution in [0.25, 0.3) is 0 Å². The highest BCUT2D eigenvalue weighted by Gasteiger charge is 2.30. The van der Waals surface area contributed by atoms with Crippen molar-refractivity contribution in [2.24, 2.45) is 0 Å². The van der Waals surface area contributed by atoms with Crippen LogP contribution in [-0.2, 0) is 15.8 Å². The number of halogens is 3.